The van der Waals surface area contributed by atoms with Crippen LogP contribution in [0.2, 0.25) is 13.1 Å². The van der Waals surface area contributed by atoms with E-state index >= 15 is 0 Å². The maximum Gasteiger partial charge on any atom is 0.135 e. The van der Waals surface area contributed by atoms with E-state index in [9.17, 15) is 0 Å². The van der Waals surface area contributed by atoms with Crippen LogP contribution in [-0.2, 0) is 42.7 Å². The van der Waals surface area contributed by atoms with Crippen molar-refractivity contribution >= 4 is 53.0 Å². The molecule has 0 fully saturated rings. The van der Waals surface area contributed by atoms with Gasteiger partial charge in [-0.3, -0.25) is 0 Å². The predicted molar refractivity (Wildman–Crippen MR) is 306 cm³/mol. The van der Waals surface area contributed by atoms with Gasteiger partial charge < -0.3 is 19.1 Å². The van der Waals surface area contributed by atoms with Gasteiger partial charge in [-0.25, -0.2) is 4.98 Å². The molecule has 4 heterocycles. The molecule has 2 aliphatic heterocycles. The zero-order chi connectivity index (χ0) is 50.9. The molecule has 0 bridgehead atoms. The van der Waals surface area contributed by atoms with Crippen molar-refractivity contribution in [1.29, 1.82) is 0 Å². The number of allylic oxidation sites excluding steroid dienone is 1. The fourth-order valence-electron chi connectivity index (χ4n) is 11.2. The third-order valence-electron chi connectivity index (χ3n) is 15.6. The third-order valence-corrected chi connectivity index (χ3v) is 19.6. The summed E-state index contributed by atoms with van der Waals surface area (Å²) >= 11 is 0. The number of fused-ring (bicyclic) bond motifs is 1. The van der Waals surface area contributed by atoms with Crippen LogP contribution in [0.3, 0.4) is 0 Å². The first-order valence-electron chi connectivity index (χ1n) is 25.9. The maximum atomic E-state index is 6.99. The Hall–Kier alpha value is -5.94. The number of nitrogens with zero attached hydrogens (tertiary/aromatic N) is 4. The molecule has 376 valence electrons. The summed E-state index contributed by atoms with van der Waals surface area (Å²) < 4.78 is 9.33. The topological polar surface area (TPSA) is 33.5 Å². The van der Waals surface area contributed by atoms with Crippen molar-refractivity contribution < 1.29 is 25.8 Å². The number of benzene rings is 6. The second-order valence-corrected chi connectivity index (χ2v) is 29.8. The van der Waals surface area contributed by atoms with Gasteiger partial charge in [0.1, 0.15) is 5.82 Å². The summed E-state index contributed by atoms with van der Waals surface area (Å²) in [6.45, 7) is 35.0. The summed E-state index contributed by atoms with van der Waals surface area (Å²) in [5.74, 6) is 2.27. The van der Waals surface area contributed by atoms with Crippen LogP contribution in [0.25, 0.3) is 45.1 Å². The zero-order valence-electron chi connectivity index (χ0n) is 45.2. The van der Waals surface area contributed by atoms with E-state index in [0.29, 0.717) is 17.0 Å². The molecule has 0 amide bonds. The quantitative estimate of drug-likeness (QED) is 0.118. The van der Waals surface area contributed by atoms with E-state index in [1.54, 1.807) is 0 Å². The number of ether oxygens (including phenoxy) is 1. The molecule has 6 aromatic carbocycles. The fraction of sp³-hybridized carbons (Fsp3) is 0.303. The van der Waals surface area contributed by atoms with Gasteiger partial charge in [-0.15, -0.1) is 48.1 Å². The van der Waals surface area contributed by atoms with Gasteiger partial charge in [-0.2, -0.15) is 11.3 Å². The molecule has 1 atom stereocenters. The number of anilines is 4. The van der Waals surface area contributed by atoms with Gasteiger partial charge >= 0.3 is 0 Å². The molecule has 2 aromatic heterocycles. The van der Waals surface area contributed by atoms with Crippen molar-refractivity contribution in [1.82, 2.24) is 9.55 Å². The summed E-state index contributed by atoms with van der Waals surface area (Å²) in [7, 11) is -1.94. The molecule has 1 unspecified atom stereocenters. The Balaban J connectivity index is 0.00000611. The third kappa shape index (κ3) is 8.84. The monoisotopic (exact) mass is 1160 g/mol. The molecule has 5 nitrogen and oxygen atoms in total. The molecule has 0 N–H and O–H groups in total. The van der Waals surface area contributed by atoms with Crippen molar-refractivity contribution in [2.45, 2.75) is 130 Å². The van der Waals surface area contributed by atoms with Crippen molar-refractivity contribution in [2.75, 3.05) is 9.80 Å². The van der Waals surface area contributed by atoms with Crippen molar-refractivity contribution in [3.05, 3.63) is 186 Å². The normalized spacial score (nSPS) is 16.0. The number of rotatable bonds is 7. The molecule has 3 aliphatic rings. The van der Waals surface area contributed by atoms with Gasteiger partial charge in [-0.05, 0) is 109 Å². The molecule has 1 aliphatic carbocycles. The van der Waals surface area contributed by atoms with Gasteiger partial charge in [0.15, 0.2) is 0 Å². The van der Waals surface area contributed by atoms with Crippen LogP contribution in [0.15, 0.2) is 134 Å². The number of pyridine rings is 1. The Labute approximate surface area is 450 Å². The van der Waals surface area contributed by atoms with E-state index in [0.717, 1.165) is 40.5 Å². The molecule has 0 radical (unpaired) electrons. The molecule has 73 heavy (non-hydrogen) atoms. The summed E-state index contributed by atoms with van der Waals surface area (Å²) in [5.41, 5.74) is 18.2. The minimum Gasteiger partial charge on any atom is -0.509 e. The van der Waals surface area contributed by atoms with Gasteiger partial charge in [0.25, 0.3) is 0 Å². The first kappa shape index (κ1) is 50.6. The second-order valence-electron chi connectivity index (χ2n) is 25.2. The smallest absolute Gasteiger partial charge is 0.135 e. The molecule has 11 rings (SSSR count). The summed E-state index contributed by atoms with van der Waals surface area (Å²) in [4.78, 5) is 9.68. The van der Waals surface area contributed by atoms with Crippen LogP contribution in [0.5, 0.6) is 11.5 Å². The van der Waals surface area contributed by atoms with Gasteiger partial charge in [0.05, 0.1) is 8.07 Å². The molecule has 0 saturated carbocycles. The average molecular weight is 1160 g/mol. The predicted octanol–water partition coefficient (Wildman–Crippen LogP) is 17.3. The number of hydrogen-bond donors (Lipinski definition) is 0. The fourth-order valence-corrected chi connectivity index (χ4v) is 14.7. The molecular weight excluding hydrogens is 1090 g/mol. The Morgan fingerprint density at radius 1 is 0.603 bits per heavy atom. The van der Waals surface area contributed by atoms with Crippen LogP contribution in [0.1, 0.15) is 129 Å². The average Bonchev–Trinajstić information content (AvgIpc) is 3.96. The van der Waals surface area contributed by atoms with Gasteiger partial charge in [0.2, 0.25) is 0 Å². The van der Waals surface area contributed by atoms with Crippen molar-refractivity contribution in [2.24, 2.45) is 0 Å². The first-order chi connectivity index (χ1) is 34.0. The molecule has 7 heteroatoms. The minimum atomic E-state index is -1.94. The Morgan fingerprint density at radius 3 is 1.85 bits per heavy atom. The summed E-state index contributed by atoms with van der Waals surface area (Å²) in [6, 6.07) is 52.4. The summed E-state index contributed by atoms with van der Waals surface area (Å²) in [5, 5.41) is 2.78. The van der Waals surface area contributed by atoms with Crippen LogP contribution >= 0.6 is 0 Å². The van der Waals surface area contributed by atoms with Crippen LogP contribution in [0, 0.1) is 18.8 Å². The van der Waals surface area contributed by atoms with Crippen LogP contribution < -0.4 is 19.7 Å². The Kier molecular flexibility index (Phi) is 12.4. The Morgan fingerprint density at radius 2 is 1.21 bits per heavy atom. The van der Waals surface area contributed by atoms with E-state index in [-0.39, 0.29) is 42.7 Å². The van der Waals surface area contributed by atoms with E-state index in [1.807, 2.05) is 12.3 Å². The first-order valence-corrected chi connectivity index (χ1v) is 29.0. The van der Waals surface area contributed by atoms with Crippen molar-refractivity contribution in [3.63, 3.8) is 0 Å². The SMILES string of the molecule is CC(C)(C)c1cc(-c2cc(C(C)(C)C)cc(-c3ccccc3)c2N2[CH-]N(c3[c-]c(Oc4[c-]c5c6c(c4)[Si](C)(C)C4CC=Cc(c64)n5-c4cc(C(C)(C)C)ccn4)ccc3)c3ccccc32)cc(C(C)(C)C)c1.[Pt]. The van der Waals surface area contributed by atoms with Crippen LogP contribution in [0.4, 0.5) is 22.7 Å². The maximum absolute atomic E-state index is 6.99. The molecule has 0 spiro atoms. The number of hydrogen-bond acceptors (Lipinski definition) is 4. The van der Waals surface area contributed by atoms with Crippen molar-refractivity contribution in [3.8, 4) is 39.6 Å². The molecule has 0 saturated heterocycles. The zero-order valence-corrected chi connectivity index (χ0v) is 48.4. The molecular formula is C66H69N4OPtSi-3. The van der Waals surface area contributed by atoms with E-state index < -0.39 is 8.07 Å². The van der Waals surface area contributed by atoms with Gasteiger partial charge in [-0.1, -0.05) is 174 Å². The van der Waals surface area contributed by atoms with E-state index in [4.69, 9.17) is 9.72 Å². The standard InChI is InChI=1S/C66H69N4OSi.Pt/c1-63(2,3)44-30-31-67-59(37-44)70-55-28-21-29-57-60(55)61-56(70)39-50(40-58(61)72(57,13)14)71-49-25-20-24-48(38-49)68-41-69(54-27-19-18-26-53(54)68)62-51(42-22-16-15-17-23-42)35-47(66(10,11)12)36-52(62)43-32-45(64(4,5)6)34-46(33-43)65(7,8)9;/h15-28,30-37,40-41,57H,29H2,1-14H3;/q-3;. The minimum absolute atomic E-state index is 0. The largest absolute Gasteiger partial charge is 0.509 e. The van der Waals surface area contributed by atoms with E-state index in [1.165, 1.54) is 66.3 Å². The second kappa shape index (κ2) is 17.9. The van der Waals surface area contributed by atoms with Gasteiger partial charge in [0, 0.05) is 72.6 Å². The van der Waals surface area contributed by atoms with E-state index in [2.05, 4.69) is 257 Å². The summed E-state index contributed by atoms with van der Waals surface area (Å²) in [6.07, 6.45) is 7.70. The Bertz CT molecular complexity index is 3450. The molecule has 8 aromatic rings. The van der Waals surface area contributed by atoms with Crippen LogP contribution in [-0.4, -0.2) is 17.6 Å². The number of para-hydroxylation sites is 2. The number of aromatic nitrogens is 2.